The fraction of sp³-hybridized carbons (Fsp3) is 0.278. The summed E-state index contributed by atoms with van der Waals surface area (Å²) in [5.41, 5.74) is 1.46. The van der Waals surface area contributed by atoms with Crippen molar-refractivity contribution in [2.24, 2.45) is 0 Å². The summed E-state index contributed by atoms with van der Waals surface area (Å²) in [5.74, 6) is -0.181. The molecule has 1 saturated heterocycles. The van der Waals surface area contributed by atoms with E-state index in [1.807, 2.05) is 23.1 Å². The van der Waals surface area contributed by atoms with E-state index in [4.69, 9.17) is 11.6 Å². The molecular weight excluding hydrogens is 329 g/mol. The summed E-state index contributed by atoms with van der Waals surface area (Å²) in [6.45, 7) is 2.69. The summed E-state index contributed by atoms with van der Waals surface area (Å²) >= 11 is 5.84. The lowest BCUT2D eigenvalue weighted by atomic mass is 10.2. The molecule has 0 aliphatic carbocycles. The van der Waals surface area contributed by atoms with Gasteiger partial charge < -0.3 is 15.1 Å². The molecule has 1 heterocycles. The summed E-state index contributed by atoms with van der Waals surface area (Å²) in [6.07, 6.45) is 0. The van der Waals surface area contributed by atoms with Crippen molar-refractivity contribution in [1.29, 1.82) is 0 Å². The van der Waals surface area contributed by atoms with E-state index in [-0.39, 0.29) is 18.3 Å². The van der Waals surface area contributed by atoms with Gasteiger partial charge in [0.05, 0.1) is 12.2 Å². The number of piperazine rings is 1. The number of hydrogen-bond donors (Lipinski definition) is 1. The Morgan fingerprint density at radius 2 is 1.71 bits per heavy atom. The zero-order valence-corrected chi connectivity index (χ0v) is 14.0. The fourth-order valence-electron chi connectivity index (χ4n) is 2.76. The molecule has 1 amide bonds. The molecule has 1 aliphatic heterocycles. The number of nitrogens with zero attached hydrogens (tertiary/aromatic N) is 2. The Bertz CT molecular complexity index is 700. The third kappa shape index (κ3) is 3.97. The largest absolute Gasteiger partial charge is 0.376 e. The van der Waals surface area contributed by atoms with Gasteiger partial charge in [0.2, 0.25) is 5.91 Å². The molecule has 0 radical (unpaired) electrons. The molecule has 2 aromatic rings. The minimum atomic E-state index is -0.221. The zero-order valence-electron chi connectivity index (χ0n) is 13.2. The van der Waals surface area contributed by atoms with Crippen LogP contribution >= 0.6 is 11.6 Å². The number of nitrogens with one attached hydrogen (secondary N) is 1. The van der Waals surface area contributed by atoms with Crippen molar-refractivity contribution in [3.05, 3.63) is 59.4 Å². The van der Waals surface area contributed by atoms with Gasteiger partial charge in [0, 0.05) is 36.9 Å². The standard InChI is InChI=1S/C18H19ClFN3O/c19-14-5-7-15(8-6-14)21-13-18(24)23-11-9-22(10-12-23)17-4-2-1-3-16(17)20/h1-8,21H,9-13H2. The molecule has 0 atom stereocenters. The number of hydrogen-bond acceptors (Lipinski definition) is 3. The molecule has 1 N–H and O–H groups in total. The molecule has 0 unspecified atom stereocenters. The van der Waals surface area contributed by atoms with Gasteiger partial charge >= 0.3 is 0 Å². The van der Waals surface area contributed by atoms with Gasteiger partial charge in [-0.3, -0.25) is 4.79 Å². The lowest BCUT2D eigenvalue weighted by Crippen LogP contribution is -2.50. The fourth-order valence-corrected chi connectivity index (χ4v) is 2.89. The average Bonchev–Trinajstić information content (AvgIpc) is 2.61. The summed E-state index contributed by atoms with van der Waals surface area (Å²) < 4.78 is 13.8. The molecule has 2 aromatic carbocycles. The van der Waals surface area contributed by atoms with Gasteiger partial charge in [-0.15, -0.1) is 0 Å². The molecule has 0 aromatic heterocycles. The van der Waals surface area contributed by atoms with Crippen molar-refractivity contribution < 1.29 is 9.18 Å². The molecular formula is C18H19ClFN3O. The van der Waals surface area contributed by atoms with Crippen LogP contribution in [0.5, 0.6) is 0 Å². The van der Waals surface area contributed by atoms with Crippen molar-refractivity contribution >= 4 is 28.9 Å². The highest BCUT2D eigenvalue weighted by atomic mass is 35.5. The van der Waals surface area contributed by atoms with E-state index in [1.165, 1.54) is 6.07 Å². The van der Waals surface area contributed by atoms with Crippen LogP contribution in [0.4, 0.5) is 15.8 Å². The summed E-state index contributed by atoms with van der Waals surface area (Å²) in [4.78, 5) is 16.1. The highest BCUT2D eigenvalue weighted by Crippen LogP contribution is 2.20. The van der Waals surface area contributed by atoms with Crippen LogP contribution in [0.15, 0.2) is 48.5 Å². The van der Waals surface area contributed by atoms with Crippen LogP contribution in [0.3, 0.4) is 0 Å². The molecule has 0 saturated carbocycles. The highest BCUT2D eigenvalue weighted by Gasteiger charge is 2.22. The molecule has 4 nitrogen and oxygen atoms in total. The van der Waals surface area contributed by atoms with Crippen molar-refractivity contribution in [2.75, 3.05) is 42.9 Å². The van der Waals surface area contributed by atoms with E-state index in [0.29, 0.717) is 36.9 Å². The van der Waals surface area contributed by atoms with Crippen LogP contribution in [0.1, 0.15) is 0 Å². The van der Waals surface area contributed by atoms with E-state index in [9.17, 15) is 9.18 Å². The molecule has 1 aliphatic rings. The number of benzene rings is 2. The summed E-state index contributed by atoms with van der Waals surface area (Å²) in [6, 6.07) is 14.0. The first-order chi connectivity index (χ1) is 11.6. The number of carbonyl (C=O) groups excluding carboxylic acids is 1. The SMILES string of the molecule is O=C(CNc1ccc(Cl)cc1)N1CCN(c2ccccc2F)CC1. The predicted molar refractivity (Wildman–Crippen MR) is 95.1 cm³/mol. The van der Waals surface area contributed by atoms with Gasteiger partial charge in [-0.05, 0) is 36.4 Å². The molecule has 1 fully saturated rings. The molecule has 6 heteroatoms. The zero-order chi connectivity index (χ0) is 16.9. The minimum Gasteiger partial charge on any atom is -0.376 e. The minimum absolute atomic E-state index is 0.0399. The Balaban J connectivity index is 1.50. The molecule has 0 bridgehead atoms. The Hall–Kier alpha value is -2.27. The van der Waals surface area contributed by atoms with Crippen LogP contribution < -0.4 is 10.2 Å². The van der Waals surface area contributed by atoms with Crippen molar-refractivity contribution in [1.82, 2.24) is 4.90 Å². The molecule has 126 valence electrons. The maximum Gasteiger partial charge on any atom is 0.241 e. The first kappa shape index (κ1) is 16.6. The molecule has 24 heavy (non-hydrogen) atoms. The number of rotatable bonds is 4. The van der Waals surface area contributed by atoms with E-state index in [2.05, 4.69) is 5.32 Å². The van der Waals surface area contributed by atoms with Crippen LogP contribution in [0.25, 0.3) is 0 Å². The third-order valence-electron chi connectivity index (χ3n) is 4.11. The van der Waals surface area contributed by atoms with Gasteiger partial charge in [0.1, 0.15) is 5.82 Å². The quantitative estimate of drug-likeness (QED) is 0.922. The summed E-state index contributed by atoms with van der Waals surface area (Å²) in [5, 5.41) is 3.76. The predicted octanol–water partition coefficient (Wildman–Crippen LogP) is 3.24. The monoisotopic (exact) mass is 347 g/mol. The van der Waals surface area contributed by atoms with Crippen molar-refractivity contribution in [3.8, 4) is 0 Å². The van der Waals surface area contributed by atoms with E-state index >= 15 is 0 Å². The van der Waals surface area contributed by atoms with Crippen molar-refractivity contribution in [2.45, 2.75) is 0 Å². The van der Waals surface area contributed by atoms with Crippen LogP contribution in [0, 0.1) is 5.82 Å². The van der Waals surface area contributed by atoms with Crippen LogP contribution in [-0.2, 0) is 4.79 Å². The maximum atomic E-state index is 13.8. The highest BCUT2D eigenvalue weighted by molar-refractivity contribution is 6.30. The second kappa shape index (κ2) is 7.53. The van der Waals surface area contributed by atoms with E-state index < -0.39 is 0 Å². The topological polar surface area (TPSA) is 35.6 Å². The van der Waals surface area contributed by atoms with Gasteiger partial charge in [0.15, 0.2) is 0 Å². The van der Waals surface area contributed by atoms with Crippen LogP contribution in [-0.4, -0.2) is 43.5 Å². The second-order valence-electron chi connectivity index (χ2n) is 5.68. The lowest BCUT2D eigenvalue weighted by Gasteiger charge is -2.36. The van der Waals surface area contributed by atoms with E-state index in [1.54, 1.807) is 29.2 Å². The Morgan fingerprint density at radius 1 is 1.04 bits per heavy atom. The number of carbonyl (C=O) groups is 1. The summed E-state index contributed by atoms with van der Waals surface area (Å²) in [7, 11) is 0. The molecule has 3 rings (SSSR count). The lowest BCUT2D eigenvalue weighted by molar-refractivity contribution is -0.129. The average molecular weight is 348 g/mol. The third-order valence-corrected chi connectivity index (χ3v) is 4.37. The number of amides is 1. The van der Waals surface area contributed by atoms with Crippen LogP contribution in [0.2, 0.25) is 5.02 Å². The smallest absolute Gasteiger partial charge is 0.241 e. The second-order valence-corrected chi connectivity index (χ2v) is 6.12. The normalized spacial score (nSPS) is 14.6. The first-order valence-corrected chi connectivity index (χ1v) is 8.28. The van der Waals surface area contributed by atoms with Gasteiger partial charge in [0.25, 0.3) is 0 Å². The van der Waals surface area contributed by atoms with Gasteiger partial charge in [-0.1, -0.05) is 23.7 Å². The van der Waals surface area contributed by atoms with Gasteiger partial charge in [-0.25, -0.2) is 4.39 Å². The number of anilines is 2. The Morgan fingerprint density at radius 3 is 2.38 bits per heavy atom. The molecule has 0 spiro atoms. The first-order valence-electron chi connectivity index (χ1n) is 7.90. The maximum absolute atomic E-state index is 13.8. The Kier molecular flexibility index (Phi) is 5.20. The Labute approximate surface area is 145 Å². The number of halogens is 2. The van der Waals surface area contributed by atoms with Crippen molar-refractivity contribution in [3.63, 3.8) is 0 Å². The number of para-hydroxylation sites is 1. The van der Waals surface area contributed by atoms with Gasteiger partial charge in [-0.2, -0.15) is 0 Å². The van der Waals surface area contributed by atoms with E-state index in [0.717, 1.165) is 5.69 Å².